The van der Waals surface area contributed by atoms with E-state index in [1.54, 1.807) is 6.20 Å². The maximum atomic E-state index is 13.3. The highest BCUT2D eigenvalue weighted by atomic mass is 19.1. The molecule has 0 saturated heterocycles. The highest BCUT2D eigenvalue weighted by Gasteiger charge is 2.11. The maximum absolute atomic E-state index is 13.3. The van der Waals surface area contributed by atoms with Crippen molar-refractivity contribution in [3.63, 3.8) is 0 Å². The summed E-state index contributed by atoms with van der Waals surface area (Å²) in [7, 11) is 0. The number of hydrogen-bond donors (Lipinski definition) is 0. The van der Waals surface area contributed by atoms with Crippen LogP contribution in [0.3, 0.4) is 0 Å². The van der Waals surface area contributed by atoms with Crippen molar-refractivity contribution in [1.82, 2.24) is 14.6 Å². The number of hydrogen-bond acceptors (Lipinski definition) is 2. The molecule has 2 aromatic heterocycles. The Labute approximate surface area is 75.2 Å². The predicted molar refractivity (Wildman–Crippen MR) is 47.0 cm³/mol. The zero-order chi connectivity index (χ0) is 9.42. The third kappa shape index (κ3) is 1.18. The third-order valence-electron chi connectivity index (χ3n) is 1.98. The summed E-state index contributed by atoms with van der Waals surface area (Å²) in [6.45, 7) is 3.96. The molecule has 68 valence electrons. The Morgan fingerprint density at radius 3 is 2.92 bits per heavy atom. The fourth-order valence-corrected chi connectivity index (χ4v) is 1.36. The molecular formula is C9H10FN3. The normalized spacial score (nSPS) is 11.4. The molecule has 0 aliphatic carbocycles. The van der Waals surface area contributed by atoms with E-state index >= 15 is 0 Å². The van der Waals surface area contributed by atoms with Crippen LogP contribution in [0.25, 0.3) is 5.52 Å². The Morgan fingerprint density at radius 2 is 2.23 bits per heavy atom. The molecule has 0 unspecified atom stereocenters. The summed E-state index contributed by atoms with van der Waals surface area (Å²) < 4.78 is 14.8. The predicted octanol–water partition coefficient (Wildman–Crippen LogP) is 1.99. The van der Waals surface area contributed by atoms with Gasteiger partial charge in [0.2, 0.25) is 0 Å². The van der Waals surface area contributed by atoms with Gasteiger partial charge in [0.15, 0.2) is 5.82 Å². The number of nitrogens with zero attached hydrogens (tertiary/aromatic N) is 3. The number of halogens is 1. The van der Waals surface area contributed by atoms with E-state index in [0.29, 0.717) is 5.52 Å². The summed E-state index contributed by atoms with van der Waals surface area (Å²) >= 11 is 0. The second-order valence-corrected chi connectivity index (χ2v) is 3.26. The van der Waals surface area contributed by atoms with Gasteiger partial charge in [0.1, 0.15) is 11.8 Å². The van der Waals surface area contributed by atoms with Crippen molar-refractivity contribution in [3.05, 3.63) is 30.1 Å². The summed E-state index contributed by atoms with van der Waals surface area (Å²) in [5.74, 6) is -0.0563. The largest absolute Gasteiger partial charge is 0.237 e. The lowest BCUT2D eigenvalue weighted by atomic mass is 10.1. The molecule has 0 radical (unpaired) electrons. The van der Waals surface area contributed by atoms with Crippen LogP contribution in [0.4, 0.5) is 4.39 Å². The van der Waals surface area contributed by atoms with E-state index < -0.39 is 0 Å². The fraction of sp³-hybridized carbons (Fsp3) is 0.333. The molecule has 4 heteroatoms. The van der Waals surface area contributed by atoms with Crippen LogP contribution < -0.4 is 0 Å². The highest BCUT2D eigenvalue weighted by Crippen LogP contribution is 2.19. The molecular weight excluding hydrogens is 169 g/mol. The van der Waals surface area contributed by atoms with Gasteiger partial charge in [-0.3, -0.25) is 0 Å². The lowest BCUT2D eigenvalue weighted by Gasteiger charge is -2.05. The van der Waals surface area contributed by atoms with Gasteiger partial charge in [-0.05, 0) is 12.0 Å². The van der Waals surface area contributed by atoms with E-state index in [1.165, 1.54) is 16.9 Å². The minimum atomic E-state index is -0.260. The standard InChI is InChI=1S/C9H10FN3/c1-6(2)8-9-7(10)3-4-13(9)12-5-11-8/h3-6H,1-2H3. The summed E-state index contributed by atoms with van der Waals surface area (Å²) in [6.07, 6.45) is 3.04. The van der Waals surface area contributed by atoms with E-state index in [-0.39, 0.29) is 11.7 Å². The van der Waals surface area contributed by atoms with Crippen molar-refractivity contribution >= 4 is 5.52 Å². The Morgan fingerprint density at radius 1 is 1.46 bits per heavy atom. The van der Waals surface area contributed by atoms with E-state index in [4.69, 9.17) is 0 Å². The van der Waals surface area contributed by atoms with E-state index in [0.717, 1.165) is 5.69 Å². The molecule has 2 heterocycles. The minimum Gasteiger partial charge on any atom is -0.237 e. The van der Waals surface area contributed by atoms with Crippen molar-refractivity contribution in [2.45, 2.75) is 19.8 Å². The first-order valence-corrected chi connectivity index (χ1v) is 4.18. The van der Waals surface area contributed by atoms with Crippen LogP contribution in [0.15, 0.2) is 18.6 Å². The molecule has 0 aromatic carbocycles. The maximum Gasteiger partial charge on any atom is 0.152 e. The summed E-state index contributed by atoms with van der Waals surface area (Å²) in [6, 6.07) is 1.40. The highest BCUT2D eigenvalue weighted by molar-refractivity contribution is 5.53. The second kappa shape index (κ2) is 2.80. The van der Waals surface area contributed by atoms with Gasteiger partial charge in [-0.1, -0.05) is 13.8 Å². The average molecular weight is 179 g/mol. The van der Waals surface area contributed by atoms with E-state index in [1.807, 2.05) is 13.8 Å². The number of rotatable bonds is 1. The van der Waals surface area contributed by atoms with Crippen molar-refractivity contribution in [1.29, 1.82) is 0 Å². The van der Waals surface area contributed by atoms with Crippen LogP contribution in [0.1, 0.15) is 25.5 Å². The first-order valence-electron chi connectivity index (χ1n) is 4.18. The molecule has 0 fully saturated rings. The van der Waals surface area contributed by atoms with Crippen LogP contribution in [0.5, 0.6) is 0 Å². The Hall–Kier alpha value is -1.45. The molecule has 2 rings (SSSR count). The SMILES string of the molecule is CC(C)c1ncnn2ccc(F)c12. The fourth-order valence-electron chi connectivity index (χ4n) is 1.36. The first kappa shape index (κ1) is 8.16. The minimum absolute atomic E-state index is 0.204. The second-order valence-electron chi connectivity index (χ2n) is 3.26. The van der Waals surface area contributed by atoms with Gasteiger partial charge >= 0.3 is 0 Å². The molecule has 0 N–H and O–H groups in total. The molecule has 0 saturated carbocycles. The van der Waals surface area contributed by atoms with Crippen molar-refractivity contribution in [2.24, 2.45) is 0 Å². The Balaban J connectivity index is 2.80. The smallest absolute Gasteiger partial charge is 0.152 e. The molecule has 0 amide bonds. The van der Waals surface area contributed by atoms with Crippen LogP contribution in [-0.4, -0.2) is 14.6 Å². The molecule has 0 bridgehead atoms. The van der Waals surface area contributed by atoms with Gasteiger partial charge in [0.25, 0.3) is 0 Å². The lowest BCUT2D eigenvalue weighted by Crippen LogP contribution is -2.00. The van der Waals surface area contributed by atoms with Crippen LogP contribution >= 0.6 is 0 Å². The topological polar surface area (TPSA) is 30.2 Å². The Kier molecular flexibility index (Phi) is 1.76. The van der Waals surface area contributed by atoms with Crippen LogP contribution in [-0.2, 0) is 0 Å². The number of aromatic nitrogens is 3. The van der Waals surface area contributed by atoms with Crippen LogP contribution in [0, 0.1) is 5.82 Å². The molecule has 3 nitrogen and oxygen atoms in total. The lowest BCUT2D eigenvalue weighted by molar-refractivity contribution is 0.633. The summed E-state index contributed by atoms with van der Waals surface area (Å²) in [5.41, 5.74) is 1.23. The Bertz CT molecular complexity index is 433. The van der Waals surface area contributed by atoms with Gasteiger partial charge in [-0.2, -0.15) is 5.10 Å². The average Bonchev–Trinajstić information content (AvgIpc) is 2.48. The quantitative estimate of drug-likeness (QED) is 0.670. The van der Waals surface area contributed by atoms with E-state index in [2.05, 4.69) is 10.1 Å². The molecule has 2 aromatic rings. The van der Waals surface area contributed by atoms with Gasteiger partial charge < -0.3 is 0 Å². The molecule has 0 spiro atoms. The van der Waals surface area contributed by atoms with Gasteiger partial charge in [-0.25, -0.2) is 13.9 Å². The van der Waals surface area contributed by atoms with Crippen molar-refractivity contribution in [2.75, 3.05) is 0 Å². The number of fused-ring (bicyclic) bond motifs is 1. The molecule has 0 aliphatic heterocycles. The zero-order valence-electron chi connectivity index (χ0n) is 7.53. The monoisotopic (exact) mass is 179 g/mol. The van der Waals surface area contributed by atoms with Crippen molar-refractivity contribution < 1.29 is 4.39 Å². The molecule has 13 heavy (non-hydrogen) atoms. The third-order valence-corrected chi connectivity index (χ3v) is 1.98. The van der Waals surface area contributed by atoms with E-state index in [9.17, 15) is 4.39 Å². The van der Waals surface area contributed by atoms with Gasteiger partial charge in [0.05, 0.1) is 5.69 Å². The molecule has 0 aliphatic rings. The van der Waals surface area contributed by atoms with Gasteiger partial charge in [-0.15, -0.1) is 0 Å². The summed E-state index contributed by atoms with van der Waals surface area (Å²) in [5, 5.41) is 3.91. The summed E-state index contributed by atoms with van der Waals surface area (Å²) in [4.78, 5) is 4.07. The first-order chi connectivity index (χ1) is 6.20. The zero-order valence-corrected chi connectivity index (χ0v) is 7.53. The van der Waals surface area contributed by atoms with Crippen molar-refractivity contribution in [3.8, 4) is 0 Å². The van der Waals surface area contributed by atoms with Crippen LogP contribution in [0.2, 0.25) is 0 Å². The van der Waals surface area contributed by atoms with Gasteiger partial charge in [0, 0.05) is 6.20 Å². The molecule has 0 atom stereocenters.